The summed E-state index contributed by atoms with van der Waals surface area (Å²) in [7, 11) is 1.62. The number of carboxylic acid groups (broad SMARTS) is 1. The lowest BCUT2D eigenvalue weighted by atomic mass is 10.1. The van der Waals surface area contributed by atoms with Gasteiger partial charge in [0.25, 0.3) is 0 Å². The number of hydrogen-bond acceptors (Lipinski definition) is 4. The third-order valence-electron chi connectivity index (χ3n) is 3.24. The summed E-state index contributed by atoms with van der Waals surface area (Å²) in [6, 6.07) is -0.130. The Hall–Kier alpha value is -1.34. The molecule has 1 aliphatic heterocycles. The first-order valence-electron chi connectivity index (χ1n) is 6.85. The average molecular weight is 287 g/mol. The van der Waals surface area contributed by atoms with E-state index in [1.807, 2.05) is 0 Å². The first kappa shape index (κ1) is 16.7. The highest BCUT2D eigenvalue weighted by Gasteiger charge is 2.26. The molecule has 1 rings (SSSR count). The van der Waals surface area contributed by atoms with Crippen molar-refractivity contribution in [2.24, 2.45) is 0 Å². The number of aliphatic hydroxyl groups is 1. The van der Waals surface area contributed by atoms with Crippen LogP contribution in [0.1, 0.15) is 20.3 Å². The van der Waals surface area contributed by atoms with Crippen LogP contribution in [-0.2, 0) is 4.79 Å². The van der Waals surface area contributed by atoms with Crippen molar-refractivity contribution in [2.75, 3.05) is 46.3 Å². The molecular formula is C13H25N3O4. The van der Waals surface area contributed by atoms with Gasteiger partial charge in [-0.15, -0.1) is 0 Å². The number of piperazine rings is 1. The predicted octanol–water partition coefficient (Wildman–Crippen LogP) is -0.0986. The van der Waals surface area contributed by atoms with E-state index in [0.717, 1.165) is 13.1 Å². The van der Waals surface area contributed by atoms with Crippen molar-refractivity contribution in [3.63, 3.8) is 0 Å². The summed E-state index contributed by atoms with van der Waals surface area (Å²) in [5, 5.41) is 18.4. The molecule has 2 amide bonds. The molecule has 7 heteroatoms. The van der Waals surface area contributed by atoms with Crippen LogP contribution in [0.15, 0.2) is 0 Å². The molecule has 0 aromatic heterocycles. The lowest BCUT2D eigenvalue weighted by Crippen LogP contribution is -2.54. The zero-order valence-electron chi connectivity index (χ0n) is 12.5. The minimum atomic E-state index is -0.903. The fraction of sp³-hybridized carbons (Fsp3) is 0.846. The summed E-state index contributed by atoms with van der Waals surface area (Å²) in [6.45, 7) is 7.00. The van der Waals surface area contributed by atoms with Crippen molar-refractivity contribution in [3.05, 3.63) is 0 Å². The van der Waals surface area contributed by atoms with Gasteiger partial charge in [0.05, 0.1) is 12.0 Å². The number of carbonyl (C=O) groups is 2. The molecule has 20 heavy (non-hydrogen) atoms. The van der Waals surface area contributed by atoms with Gasteiger partial charge in [-0.05, 0) is 13.8 Å². The van der Waals surface area contributed by atoms with E-state index in [1.165, 1.54) is 4.90 Å². The molecule has 1 heterocycles. The number of amides is 2. The van der Waals surface area contributed by atoms with Crippen LogP contribution < -0.4 is 0 Å². The van der Waals surface area contributed by atoms with Crippen molar-refractivity contribution in [2.45, 2.75) is 25.9 Å². The van der Waals surface area contributed by atoms with Gasteiger partial charge in [-0.1, -0.05) is 0 Å². The Balaban J connectivity index is 2.37. The Morgan fingerprint density at radius 1 is 1.20 bits per heavy atom. The van der Waals surface area contributed by atoms with Crippen molar-refractivity contribution >= 4 is 12.0 Å². The van der Waals surface area contributed by atoms with E-state index < -0.39 is 11.6 Å². The van der Waals surface area contributed by atoms with Crippen LogP contribution in [0.4, 0.5) is 4.79 Å². The zero-order chi connectivity index (χ0) is 15.3. The van der Waals surface area contributed by atoms with E-state index in [0.29, 0.717) is 19.6 Å². The van der Waals surface area contributed by atoms with Crippen LogP contribution in [0.2, 0.25) is 0 Å². The Kier molecular flexibility index (Phi) is 5.76. The number of hydrogen-bond donors (Lipinski definition) is 2. The van der Waals surface area contributed by atoms with E-state index in [4.69, 9.17) is 5.11 Å². The van der Waals surface area contributed by atoms with Crippen LogP contribution in [0, 0.1) is 0 Å². The van der Waals surface area contributed by atoms with Gasteiger partial charge in [-0.3, -0.25) is 9.69 Å². The van der Waals surface area contributed by atoms with E-state index in [1.54, 1.807) is 25.8 Å². The molecule has 1 saturated heterocycles. The molecule has 0 bridgehead atoms. The van der Waals surface area contributed by atoms with Crippen molar-refractivity contribution < 1.29 is 19.8 Å². The van der Waals surface area contributed by atoms with Crippen molar-refractivity contribution in [1.29, 1.82) is 0 Å². The molecule has 0 aliphatic carbocycles. The number of nitrogens with zero attached hydrogens (tertiary/aromatic N) is 3. The molecule has 0 aromatic carbocycles. The van der Waals surface area contributed by atoms with Gasteiger partial charge >= 0.3 is 12.0 Å². The van der Waals surface area contributed by atoms with Gasteiger partial charge in [0.1, 0.15) is 0 Å². The van der Waals surface area contributed by atoms with Crippen LogP contribution in [0.25, 0.3) is 0 Å². The number of carbonyl (C=O) groups excluding carboxylic acids is 1. The van der Waals surface area contributed by atoms with Gasteiger partial charge in [0.2, 0.25) is 0 Å². The smallest absolute Gasteiger partial charge is 0.319 e. The van der Waals surface area contributed by atoms with Crippen LogP contribution >= 0.6 is 0 Å². The quantitative estimate of drug-likeness (QED) is 0.738. The molecule has 116 valence electrons. The maximum absolute atomic E-state index is 12.1. The summed E-state index contributed by atoms with van der Waals surface area (Å²) in [5.41, 5.74) is -0.732. The largest absolute Gasteiger partial charge is 0.481 e. The van der Waals surface area contributed by atoms with Gasteiger partial charge < -0.3 is 20.0 Å². The maximum atomic E-state index is 12.1. The van der Waals surface area contributed by atoms with E-state index in [9.17, 15) is 14.7 Å². The highest BCUT2D eigenvalue weighted by Crippen LogP contribution is 2.10. The van der Waals surface area contributed by atoms with Gasteiger partial charge in [0.15, 0.2) is 0 Å². The Morgan fingerprint density at radius 3 is 2.20 bits per heavy atom. The van der Waals surface area contributed by atoms with Crippen LogP contribution in [0.5, 0.6) is 0 Å². The number of β-amino-alcohol motifs (C(OH)–C–C–N with tert-alkyl or cyclic N) is 1. The molecule has 1 aliphatic rings. The highest BCUT2D eigenvalue weighted by molar-refractivity contribution is 5.75. The lowest BCUT2D eigenvalue weighted by Gasteiger charge is -2.38. The van der Waals surface area contributed by atoms with Gasteiger partial charge in [-0.2, -0.15) is 0 Å². The van der Waals surface area contributed by atoms with E-state index >= 15 is 0 Å². The fourth-order valence-electron chi connectivity index (χ4n) is 2.24. The molecule has 0 atom stereocenters. The Morgan fingerprint density at radius 2 is 1.75 bits per heavy atom. The fourth-order valence-corrected chi connectivity index (χ4v) is 2.24. The number of carboxylic acids is 1. The molecule has 0 radical (unpaired) electrons. The van der Waals surface area contributed by atoms with Crippen LogP contribution in [-0.4, -0.2) is 88.8 Å². The zero-order valence-corrected chi connectivity index (χ0v) is 12.5. The topological polar surface area (TPSA) is 84.3 Å². The first-order valence-corrected chi connectivity index (χ1v) is 6.85. The lowest BCUT2D eigenvalue weighted by molar-refractivity contribution is -0.137. The third-order valence-corrected chi connectivity index (χ3v) is 3.24. The third kappa shape index (κ3) is 5.75. The van der Waals surface area contributed by atoms with Crippen molar-refractivity contribution in [3.8, 4) is 0 Å². The molecule has 0 unspecified atom stereocenters. The van der Waals surface area contributed by atoms with E-state index in [2.05, 4.69) is 4.90 Å². The van der Waals surface area contributed by atoms with E-state index in [-0.39, 0.29) is 19.0 Å². The highest BCUT2D eigenvalue weighted by atomic mass is 16.4. The standard InChI is InChI=1S/C13H25N3O4/c1-13(2,20)10-15-6-8-16(9-7-15)12(19)14(3)5-4-11(17)18/h20H,4-10H2,1-3H3,(H,17,18). The molecule has 7 nitrogen and oxygen atoms in total. The number of aliphatic carboxylic acids is 1. The first-order chi connectivity index (χ1) is 9.19. The summed E-state index contributed by atoms with van der Waals surface area (Å²) in [5.74, 6) is -0.903. The predicted molar refractivity (Wildman–Crippen MR) is 74.6 cm³/mol. The normalized spacial score (nSPS) is 17.1. The second kappa shape index (κ2) is 6.90. The molecular weight excluding hydrogens is 262 g/mol. The molecule has 0 saturated carbocycles. The second-order valence-electron chi connectivity index (χ2n) is 5.92. The number of urea groups is 1. The van der Waals surface area contributed by atoms with Crippen LogP contribution in [0.3, 0.4) is 0 Å². The minimum absolute atomic E-state index is 0.0408. The Bertz CT molecular complexity index is 346. The summed E-state index contributed by atoms with van der Waals surface area (Å²) in [4.78, 5) is 27.9. The summed E-state index contributed by atoms with van der Waals surface area (Å²) >= 11 is 0. The maximum Gasteiger partial charge on any atom is 0.319 e. The Labute approximate surface area is 119 Å². The summed E-state index contributed by atoms with van der Waals surface area (Å²) in [6.07, 6.45) is -0.0408. The van der Waals surface area contributed by atoms with Gasteiger partial charge in [-0.25, -0.2) is 4.79 Å². The molecule has 1 fully saturated rings. The van der Waals surface area contributed by atoms with Crippen molar-refractivity contribution in [1.82, 2.24) is 14.7 Å². The summed E-state index contributed by atoms with van der Waals surface area (Å²) < 4.78 is 0. The number of rotatable bonds is 5. The molecule has 2 N–H and O–H groups in total. The molecule has 0 aromatic rings. The average Bonchev–Trinajstić information content (AvgIpc) is 2.34. The SMILES string of the molecule is CN(CCC(=O)O)C(=O)N1CCN(CC(C)(C)O)CC1. The molecule has 0 spiro atoms. The minimum Gasteiger partial charge on any atom is -0.481 e. The second-order valence-corrected chi connectivity index (χ2v) is 5.92. The monoisotopic (exact) mass is 287 g/mol. The van der Waals surface area contributed by atoms with Gasteiger partial charge in [0, 0.05) is 46.3 Å².